The number of hydrogen-bond acceptors (Lipinski definition) is 5. The van der Waals surface area contributed by atoms with Gasteiger partial charge in [0.05, 0.1) is 4.47 Å². The molecule has 0 unspecified atom stereocenters. The molecule has 0 radical (unpaired) electrons. The topological polar surface area (TPSA) is 64.1 Å². The van der Waals surface area contributed by atoms with Crippen LogP contribution in [0.1, 0.15) is 37.6 Å². The number of hydrogen-bond donors (Lipinski definition) is 1. The third kappa shape index (κ3) is 4.09. The first-order valence-electron chi connectivity index (χ1n) is 7.60. The zero-order chi connectivity index (χ0) is 16.4. The molecule has 23 heavy (non-hydrogen) atoms. The van der Waals surface area contributed by atoms with Gasteiger partial charge in [0.15, 0.2) is 6.10 Å². The van der Waals surface area contributed by atoms with Crippen LogP contribution in [-0.2, 0) is 4.79 Å². The zero-order valence-corrected chi connectivity index (χ0v) is 15.4. The van der Waals surface area contributed by atoms with E-state index in [4.69, 9.17) is 4.74 Å². The van der Waals surface area contributed by atoms with E-state index in [1.54, 1.807) is 0 Å². The van der Waals surface area contributed by atoms with E-state index in [1.807, 2.05) is 38.1 Å². The van der Waals surface area contributed by atoms with Crippen molar-refractivity contribution in [3.8, 4) is 5.75 Å². The summed E-state index contributed by atoms with van der Waals surface area (Å²) in [4.78, 5) is 12.6. The van der Waals surface area contributed by atoms with E-state index < -0.39 is 6.10 Å². The van der Waals surface area contributed by atoms with Crippen LogP contribution in [0.25, 0.3) is 0 Å². The van der Waals surface area contributed by atoms with Gasteiger partial charge in [-0.1, -0.05) is 37.3 Å². The number of carbonyl (C=O) groups is 1. The predicted octanol–water partition coefficient (Wildman–Crippen LogP) is 4.22. The fourth-order valence-corrected chi connectivity index (χ4v) is 3.42. The normalized spacial score (nSPS) is 15.5. The Balaban J connectivity index is 1.69. The van der Waals surface area contributed by atoms with Gasteiger partial charge in [-0.3, -0.25) is 10.1 Å². The number of rotatable bonds is 6. The zero-order valence-electron chi connectivity index (χ0n) is 13.0. The van der Waals surface area contributed by atoms with Crippen molar-refractivity contribution >= 4 is 38.3 Å². The first-order valence-corrected chi connectivity index (χ1v) is 9.21. The van der Waals surface area contributed by atoms with Crippen molar-refractivity contribution in [1.82, 2.24) is 10.2 Å². The van der Waals surface area contributed by atoms with Crippen molar-refractivity contribution in [3.63, 3.8) is 0 Å². The van der Waals surface area contributed by atoms with Crippen LogP contribution in [0.5, 0.6) is 5.75 Å². The summed E-state index contributed by atoms with van der Waals surface area (Å²) in [7, 11) is 0. The molecule has 1 aromatic heterocycles. The maximum Gasteiger partial charge on any atom is 0.267 e. The lowest BCUT2D eigenvalue weighted by molar-refractivity contribution is -0.124. The monoisotopic (exact) mass is 395 g/mol. The smallest absolute Gasteiger partial charge is 0.267 e. The Kier molecular flexibility index (Phi) is 4.96. The van der Waals surface area contributed by atoms with Gasteiger partial charge >= 0.3 is 0 Å². The highest BCUT2D eigenvalue weighted by Crippen LogP contribution is 2.42. The number of nitrogens with zero attached hydrogens (tertiary/aromatic N) is 2. The second kappa shape index (κ2) is 6.97. The summed E-state index contributed by atoms with van der Waals surface area (Å²) in [6.07, 6.45) is 1.74. The quantitative estimate of drug-likeness (QED) is 0.794. The number of amides is 1. The Morgan fingerprint density at radius 3 is 2.74 bits per heavy atom. The Morgan fingerprint density at radius 2 is 2.09 bits per heavy atom. The van der Waals surface area contributed by atoms with Gasteiger partial charge in [0.1, 0.15) is 10.8 Å². The molecule has 122 valence electrons. The van der Waals surface area contributed by atoms with Crippen LogP contribution in [0.3, 0.4) is 0 Å². The third-order valence-electron chi connectivity index (χ3n) is 3.55. The fourth-order valence-electron chi connectivity index (χ4n) is 2.13. The summed E-state index contributed by atoms with van der Waals surface area (Å²) < 4.78 is 6.73. The molecule has 1 fully saturated rings. The van der Waals surface area contributed by atoms with E-state index in [0.717, 1.165) is 9.48 Å². The number of aromatic nitrogens is 2. The molecule has 1 saturated carbocycles. The van der Waals surface area contributed by atoms with Crippen molar-refractivity contribution in [2.45, 2.75) is 38.7 Å². The van der Waals surface area contributed by atoms with Crippen molar-refractivity contribution in [3.05, 3.63) is 33.7 Å². The molecular weight excluding hydrogens is 378 g/mol. The standard InChI is InChI=1S/C16H18BrN3O2S/c1-9(2)13(22-12-6-4-3-5-11(12)17)14(21)18-16-20-19-15(23-16)10-7-8-10/h3-6,9-10,13H,7-8H2,1-2H3,(H,18,20,21)/t13-/m0/s1. The molecule has 5 nitrogen and oxygen atoms in total. The minimum absolute atomic E-state index is 0.0259. The maximum atomic E-state index is 12.6. The lowest BCUT2D eigenvalue weighted by Gasteiger charge is -2.21. The average molecular weight is 396 g/mol. The Labute approximate surface area is 147 Å². The molecule has 1 heterocycles. The van der Waals surface area contributed by atoms with Gasteiger partial charge in [-0.15, -0.1) is 10.2 Å². The highest BCUT2D eigenvalue weighted by Gasteiger charge is 2.29. The Hall–Kier alpha value is -1.47. The summed E-state index contributed by atoms with van der Waals surface area (Å²) >= 11 is 4.89. The van der Waals surface area contributed by atoms with Crippen LogP contribution in [0, 0.1) is 5.92 Å². The first kappa shape index (κ1) is 16.4. The Morgan fingerprint density at radius 1 is 1.35 bits per heavy atom. The van der Waals surface area contributed by atoms with Crippen LogP contribution in [0.15, 0.2) is 28.7 Å². The van der Waals surface area contributed by atoms with Gasteiger partial charge in [0.2, 0.25) is 5.13 Å². The number of benzene rings is 1. The van der Waals surface area contributed by atoms with Gasteiger partial charge in [0.25, 0.3) is 5.91 Å². The SMILES string of the molecule is CC(C)[C@H](Oc1ccccc1Br)C(=O)Nc1nnc(C2CC2)s1. The lowest BCUT2D eigenvalue weighted by atomic mass is 10.1. The van der Waals surface area contributed by atoms with Gasteiger partial charge in [0, 0.05) is 5.92 Å². The van der Waals surface area contributed by atoms with Gasteiger partial charge in [-0.25, -0.2) is 0 Å². The van der Waals surface area contributed by atoms with E-state index in [2.05, 4.69) is 31.4 Å². The van der Waals surface area contributed by atoms with Crippen molar-refractivity contribution in [1.29, 1.82) is 0 Å². The van der Waals surface area contributed by atoms with Crippen LogP contribution < -0.4 is 10.1 Å². The molecule has 1 amide bonds. The summed E-state index contributed by atoms with van der Waals surface area (Å²) in [6.45, 7) is 3.91. The maximum absolute atomic E-state index is 12.6. The number of anilines is 1. The molecule has 1 aromatic carbocycles. The van der Waals surface area contributed by atoms with Crippen LogP contribution >= 0.6 is 27.3 Å². The highest BCUT2D eigenvalue weighted by molar-refractivity contribution is 9.10. The van der Waals surface area contributed by atoms with Gasteiger partial charge in [-0.05, 0) is 46.8 Å². The molecular formula is C16H18BrN3O2S. The molecule has 1 aliphatic carbocycles. The van der Waals surface area contributed by atoms with E-state index in [1.165, 1.54) is 24.2 Å². The number of nitrogens with one attached hydrogen (secondary N) is 1. The summed E-state index contributed by atoms with van der Waals surface area (Å²) in [6, 6.07) is 7.50. The summed E-state index contributed by atoms with van der Waals surface area (Å²) in [5.41, 5.74) is 0. The number of halogens is 1. The molecule has 0 spiro atoms. The average Bonchev–Trinajstić information content (AvgIpc) is 3.26. The largest absolute Gasteiger partial charge is 0.479 e. The predicted molar refractivity (Wildman–Crippen MR) is 93.9 cm³/mol. The molecule has 0 aliphatic heterocycles. The molecule has 0 saturated heterocycles. The van der Waals surface area contributed by atoms with Crippen molar-refractivity contribution in [2.24, 2.45) is 5.92 Å². The number of carbonyl (C=O) groups excluding carboxylic acids is 1. The first-order chi connectivity index (χ1) is 11.0. The summed E-state index contributed by atoms with van der Waals surface area (Å²) in [5.74, 6) is 1.01. The summed E-state index contributed by atoms with van der Waals surface area (Å²) in [5, 5.41) is 12.6. The molecule has 3 rings (SSSR count). The second-order valence-electron chi connectivity index (χ2n) is 5.92. The molecule has 1 aliphatic rings. The molecule has 7 heteroatoms. The second-order valence-corrected chi connectivity index (χ2v) is 7.79. The minimum atomic E-state index is -0.595. The van der Waals surface area contributed by atoms with Crippen molar-refractivity contribution in [2.75, 3.05) is 5.32 Å². The molecule has 1 N–H and O–H groups in total. The highest BCUT2D eigenvalue weighted by atomic mass is 79.9. The van der Waals surface area contributed by atoms with E-state index in [-0.39, 0.29) is 11.8 Å². The van der Waals surface area contributed by atoms with Crippen LogP contribution in [0.2, 0.25) is 0 Å². The molecule has 2 aromatic rings. The minimum Gasteiger partial charge on any atom is -0.479 e. The lowest BCUT2D eigenvalue weighted by Crippen LogP contribution is -2.37. The molecule has 1 atom stereocenters. The number of para-hydroxylation sites is 1. The van der Waals surface area contributed by atoms with E-state index >= 15 is 0 Å². The van der Waals surface area contributed by atoms with Gasteiger partial charge < -0.3 is 4.74 Å². The van der Waals surface area contributed by atoms with E-state index in [9.17, 15) is 4.79 Å². The van der Waals surface area contributed by atoms with Gasteiger partial charge in [-0.2, -0.15) is 0 Å². The fraction of sp³-hybridized carbons (Fsp3) is 0.438. The van der Waals surface area contributed by atoms with Crippen molar-refractivity contribution < 1.29 is 9.53 Å². The van der Waals surface area contributed by atoms with E-state index in [0.29, 0.717) is 16.8 Å². The van der Waals surface area contributed by atoms with Crippen LogP contribution in [-0.4, -0.2) is 22.2 Å². The number of ether oxygens (including phenoxy) is 1. The third-order valence-corrected chi connectivity index (χ3v) is 5.21. The van der Waals surface area contributed by atoms with Crippen LogP contribution in [0.4, 0.5) is 5.13 Å². The molecule has 0 bridgehead atoms. The Bertz CT molecular complexity index is 700.